The molecular weight excluding hydrogens is 224 g/mol. The van der Waals surface area contributed by atoms with Gasteiger partial charge in [0, 0.05) is 19.2 Å². The SMILES string of the molecule is CN(C(=O)CCC1CCNCC1)c1ccccc1. The van der Waals surface area contributed by atoms with Gasteiger partial charge in [-0.05, 0) is 50.4 Å². The van der Waals surface area contributed by atoms with Gasteiger partial charge in [-0.2, -0.15) is 0 Å². The molecule has 1 aliphatic heterocycles. The molecule has 18 heavy (non-hydrogen) atoms. The molecule has 0 atom stereocenters. The lowest BCUT2D eigenvalue weighted by atomic mass is 9.93. The van der Waals surface area contributed by atoms with Gasteiger partial charge in [0.2, 0.25) is 5.91 Å². The molecule has 1 heterocycles. The summed E-state index contributed by atoms with van der Waals surface area (Å²) in [6.45, 7) is 2.21. The third-order valence-electron chi connectivity index (χ3n) is 3.74. The van der Waals surface area contributed by atoms with Gasteiger partial charge < -0.3 is 10.2 Å². The van der Waals surface area contributed by atoms with Crippen LogP contribution in [0, 0.1) is 5.92 Å². The number of carbonyl (C=O) groups excluding carboxylic acids is 1. The summed E-state index contributed by atoms with van der Waals surface area (Å²) in [5, 5.41) is 3.36. The van der Waals surface area contributed by atoms with Crippen molar-refractivity contribution in [3.05, 3.63) is 30.3 Å². The van der Waals surface area contributed by atoms with Gasteiger partial charge in [-0.1, -0.05) is 18.2 Å². The Balaban J connectivity index is 1.80. The number of benzene rings is 1. The van der Waals surface area contributed by atoms with E-state index in [0.717, 1.165) is 31.1 Å². The topological polar surface area (TPSA) is 32.3 Å². The number of anilines is 1. The largest absolute Gasteiger partial charge is 0.317 e. The van der Waals surface area contributed by atoms with Crippen LogP contribution in [0.3, 0.4) is 0 Å². The zero-order valence-corrected chi connectivity index (χ0v) is 11.1. The molecule has 0 aromatic heterocycles. The lowest BCUT2D eigenvalue weighted by Gasteiger charge is -2.23. The summed E-state index contributed by atoms with van der Waals surface area (Å²) in [4.78, 5) is 13.9. The first-order chi connectivity index (χ1) is 8.77. The van der Waals surface area contributed by atoms with Crippen LogP contribution in [0.15, 0.2) is 30.3 Å². The maximum atomic E-state index is 12.1. The Morgan fingerprint density at radius 1 is 1.28 bits per heavy atom. The Hall–Kier alpha value is -1.35. The lowest BCUT2D eigenvalue weighted by Crippen LogP contribution is -2.30. The summed E-state index contributed by atoms with van der Waals surface area (Å²) in [7, 11) is 1.86. The first-order valence-electron chi connectivity index (χ1n) is 6.79. The standard InChI is InChI=1S/C15H22N2O/c1-17(14-5-3-2-4-6-14)15(18)8-7-13-9-11-16-12-10-13/h2-6,13,16H,7-12H2,1H3. The quantitative estimate of drug-likeness (QED) is 0.885. The number of amides is 1. The van der Waals surface area contributed by atoms with Crippen LogP contribution in [0.2, 0.25) is 0 Å². The summed E-state index contributed by atoms with van der Waals surface area (Å²) in [6, 6.07) is 9.85. The van der Waals surface area contributed by atoms with Crippen molar-refractivity contribution in [2.45, 2.75) is 25.7 Å². The van der Waals surface area contributed by atoms with E-state index < -0.39 is 0 Å². The zero-order valence-electron chi connectivity index (χ0n) is 11.1. The van der Waals surface area contributed by atoms with E-state index in [9.17, 15) is 4.79 Å². The van der Waals surface area contributed by atoms with Gasteiger partial charge >= 0.3 is 0 Å². The van der Waals surface area contributed by atoms with Crippen LogP contribution < -0.4 is 10.2 Å². The maximum absolute atomic E-state index is 12.1. The molecule has 1 aromatic rings. The highest BCUT2D eigenvalue weighted by atomic mass is 16.2. The fourth-order valence-corrected chi connectivity index (χ4v) is 2.46. The molecule has 0 saturated carbocycles. The Labute approximate surface area is 109 Å². The molecule has 1 aromatic carbocycles. The Bertz CT molecular complexity index is 371. The normalized spacial score (nSPS) is 16.5. The van der Waals surface area contributed by atoms with E-state index >= 15 is 0 Å². The van der Waals surface area contributed by atoms with Crippen LogP contribution in [0.1, 0.15) is 25.7 Å². The van der Waals surface area contributed by atoms with Crippen LogP contribution in [0.25, 0.3) is 0 Å². The van der Waals surface area contributed by atoms with Crippen molar-refractivity contribution in [3.63, 3.8) is 0 Å². The molecule has 3 nitrogen and oxygen atoms in total. The van der Waals surface area contributed by atoms with Gasteiger partial charge in [0.25, 0.3) is 0 Å². The smallest absolute Gasteiger partial charge is 0.226 e. The Morgan fingerprint density at radius 2 is 1.94 bits per heavy atom. The highest BCUT2D eigenvalue weighted by molar-refractivity contribution is 5.92. The minimum Gasteiger partial charge on any atom is -0.317 e. The molecule has 2 rings (SSSR count). The summed E-state index contributed by atoms with van der Waals surface area (Å²) in [5.74, 6) is 0.944. The molecule has 98 valence electrons. The third kappa shape index (κ3) is 3.57. The summed E-state index contributed by atoms with van der Waals surface area (Å²) in [6.07, 6.45) is 4.11. The molecule has 1 fully saturated rings. The van der Waals surface area contributed by atoms with E-state index in [4.69, 9.17) is 0 Å². The molecule has 0 spiro atoms. The monoisotopic (exact) mass is 246 g/mol. The van der Waals surface area contributed by atoms with Gasteiger partial charge in [-0.25, -0.2) is 0 Å². The van der Waals surface area contributed by atoms with Crippen LogP contribution in [0.4, 0.5) is 5.69 Å². The average molecular weight is 246 g/mol. The second-order valence-electron chi connectivity index (χ2n) is 5.02. The number of rotatable bonds is 4. The molecule has 1 saturated heterocycles. The average Bonchev–Trinajstić information content (AvgIpc) is 2.46. The summed E-state index contributed by atoms with van der Waals surface area (Å²) >= 11 is 0. The first-order valence-corrected chi connectivity index (χ1v) is 6.79. The second-order valence-corrected chi connectivity index (χ2v) is 5.02. The van der Waals surface area contributed by atoms with E-state index in [2.05, 4.69) is 5.32 Å². The van der Waals surface area contributed by atoms with Crippen LogP contribution in [-0.2, 0) is 4.79 Å². The summed E-state index contributed by atoms with van der Waals surface area (Å²) in [5.41, 5.74) is 0.979. The van der Waals surface area contributed by atoms with Crippen molar-refractivity contribution in [1.29, 1.82) is 0 Å². The van der Waals surface area contributed by atoms with Gasteiger partial charge in [0.05, 0.1) is 0 Å². The van der Waals surface area contributed by atoms with E-state index in [1.165, 1.54) is 12.8 Å². The number of nitrogens with one attached hydrogen (secondary N) is 1. The van der Waals surface area contributed by atoms with Crippen molar-refractivity contribution in [3.8, 4) is 0 Å². The molecular formula is C15H22N2O. The van der Waals surface area contributed by atoms with Gasteiger partial charge in [-0.3, -0.25) is 4.79 Å². The van der Waals surface area contributed by atoms with Crippen LogP contribution in [-0.4, -0.2) is 26.0 Å². The van der Waals surface area contributed by atoms with Crippen molar-refractivity contribution in [2.75, 3.05) is 25.0 Å². The van der Waals surface area contributed by atoms with Crippen molar-refractivity contribution < 1.29 is 4.79 Å². The molecule has 3 heteroatoms. The molecule has 1 N–H and O–H groups in total. The van der Waals surface area contributed by atoms with E-state index in [1.807, 2.05) is 37.4 Å². The predicted molar refractivity (Wildman–Crippen MR) is 74.7 cm³/mol. The minimum atomic E-state index is 0.222. The molecule has 0 radical (unpaired) electrons. The van der Waals surface area contributed by atoms with Crippen molar-refractivity contribution in [1.82, 2.24) is 5.32 Å². The molecule has 0 unspecified atom stereocenters. The highest BCUT2D eigenvalue weighted by Gasteiger charge is 2.16. The van der Waals surface area contributed by atoms with E-state index in [-0.39, 0.29) is 5.91 Å². The van der Waals surface area contributed by atoms with E-state index in [0.29, 0.717) is 6.42 Å². The minimum absolute atomic E-state index is 0.222. The fraction of sp³-hybridized carbons (Fsp3) is 0.533. The van der Waals surface area contributed by atoms with E-state index in [1.54, 1.807) is 4.90 Å². The molecule has 0 bridgehead atoms. The van der Waals surface area contributed by atoms with Crippen LogP contribution in [0.5, 0.6) is 0 Å². The third-order valence-corrected chi connectivity index (χ3v) is 3.74. The first kappa shape index (κ1) is 13.1. The molecule has 1 amide bonds. The summed E-state index contributed by atoms with van der Waals surface area (Å²) < 4.78 is 0. The number of hydrogen-bond donors (Lipinski definition) is 1. The Morgan fingerprint density at radius 3 is 2.61 bits per heavy atom. The highest BCUT2D eigenvalue weighted by Crippen LogP contribution is 2.19. The number of hydrogen-bond acceptors (Lipinski definition) is 2. The number of carbonyl (C=O) groups is 1. The van der Waals surface area contributed by atoms with Gasteiger partial charge in [-0.15, -0.1) is 0 Å². The predicted octanol–water partition coefficient (Wildman–Crippen LogP) is 2.43. The molecule has 1 aliphatic rings. The van der Waals surface area contributed by atoms with Crippen molar-refractivity contribution in [2.24, 2.45) is 5.92 Å². The van der Waals surface area contributed by atoms with Crippen LogP contribution >= 0.6 is 0 Å². The lowest BCUT2D eigenvalue weighted by molar-refractivity contribution is -0.118. The molecule has 0 aliphatic carbocycles. The van der Waals surface area contributed by atoms with Gasteiger partial charge in [0.15, 0.2) is 0 Å². The van der Waals surface area contributed by atoms with Gasteiger partial charge in [0.1, 0.15) is 0 Å². The zero-order chi connectivity index (χ0) is 12.8. The van der Waals surface area contributed by atoms with Crippen molar-refractivity contribution >= 4 is 11.6 Å². The second kappa shape index (κ2) is 6.55. The number of piperidine rings is 1. The number of para-hydroxylation sites is 1. The Kier molecular flexibility index (Phi) is 4.76. The maximum Gasteiger partial charge on any atom is 0.226 e. The number of nitrogens with zero attached hydrogens (tertiary/aromatic N) is 1. The fourth-order valence-electron chi connectivity index (χ4n) is 2.46.